The summed E-state index contributed by atoms with van der Waals surface area (Å²) in [5, 5.41) is 21.1. The zero-order valence-electron chi connectivity index (χ0n) is 17.0. The van der Waals surface area contributed by atoms with Gasteiger partial charge in [-0.1, -0.05) is 19.4 Å². The number of aliphatic carboxylic acids is 1. The van der Waals surface area contributed by atoms with Gasteiger partial charge in [0, 0.05) is 12.8 Å². The summed E-state index contributed by atoms with van der Waals surface area (Å²) in [5.74, 6) is 3.58. The normalized spacial score (nSPS) is 57.9. The van der Waals surface area contributed by atoms with E-state index in [2.05, 4.69) is 13.8 Å². The molecule has 28 heavy (non-hydrogen) atoms. The van der Waals surface area contributed by atoms with Crippen LogP contribution in [0.25, 0.3) is 0 Å². The lowest BCUT2D eigenvalue weighted by molar-refractivity contribution is -0.160. The van der Waals surface area contributed by atoms with Gasteiger partial charge in [0.15, 0.2) is 5.78 Å². The van der Waals surface area contributed by atoms with Crippen molar-refractivity contribution in [2.45, 2.75) is 70.8 Å². The molecule has 0 aromatic carbocycles. The first kappa shape index (κ1) is 17.7. The van der Waals surface area contributed by atoms with Crippen LogP contribution in [0.4, 0.5) is 0 Å². The van der Waals surface area contributed by atoms with Crippen LogP contribution in [0, 0.1) is 52.3 Å². The maximum Gasteiger partial charge on any atom is 0.303 e. The van der Waals surface area contributed by atoms with Crippen molar-refractivity contribution >= 4 is 11.8 Å². The van der Waals surface area contributed by atoms with Gasteiger partial charge in [-0.05, 0) is 96.9 Å². The monoisotopic (exact) mass is 384 g/mol. The lowest BCUT2D eigenvalue weighted by Crippen LogP contribution is -2.57. The van der Waals surface area contributed by atoms with Gasteiger partial charge in [-0.3, -0.25) is 9.59 Å². The van der Waals surface area contributed by atoms with Gasteiger partial charge in [0.25, 0.3) is 0 Å². The average molecular weight is 385 g/mol. The average Bonchev–Trinajstić information content (AvgIpc) is 3.53. The highest BCUT2D eigenvalue weighted by Crippen LogP contribution is 2.81. The van der Waals surface area contributed by atoms with E-state index in [0.717, 1.165) is 25.7 Å². The van der Waals surface area contributed by atoms with Crippen molar-refractivity contribution < 1.29 is 19.8 Å². The first-order chi connectivity index (χ1) is 13.2. The van der Waals surface area contributed by atoms with Gasteiger partial charge in [-0.25, -0.2) is 0 Å². The molecule has 4 heteroatoms. The Morgan fingerprint density at radius 2 is 1.96 bits per heavy atom. The molecular formula is C24H32O4. The van der Waals surface area contributed by atoms with Crippen LogP contribution < -0.4 is 0 Å². The largest absolute Gasteiger partial charge is 0.481 e. The zero-order chi connectivity index (χ0) is 19.6. The molecule has 0 aromatic rings. The van der Waals surface area contributed by atoms with Gasteiger partial charge < -0.3 is 10.2 Å². The Kier molecular flexibility index (Phi) is 3.23. The Labute approximate surface area is 166 Å². The number of fused-ring (bicyclic) bond motifs is 10. The van der Waals surface area contributed by atoms with Gasteiger partial charge in [-0.15, -0.1) is 0 Å². The Bertz CT molecular complexity index is 815. The Hall–Kier alpha value is -1.16. The quantitative estimate of drug-likeness (QED) is 0.776. The van der Waals surface area contributed by atoms with Crippen LogP contribution in [-0.2, 0) is 9.59 Å². The molecule has 0 aliphatic heterocycles. The maximum absolute atomic E-state index is 12.1. The van der Waals surface area contributed by atoms with Crippen LogP contribution in [0.1, 0.15) is 65.2 Å². The summed E-state index contributed by atoms with van der Waals surface area (Å²) in [6.07, 6.45) is 8.65. The fraction of sp³-hybridized carbons (Fsp3) is 0.833. The molecule has 0 unspecified atom stereocenters. The zero-order valence-corrected chi connectivity index (χ0v) is 17.0. The van der Waals surface area contributed by atoms with Crippen LogP contribution in [0.3, 0.4) is 0 Å². The first-order valence-corrected chi connectivity index (χ1v) is 11.4. The van der Waals surface area contributed by atoms with E-state index in [0.29, 0.717) is 60.1 Å². The molecule has 0 aromatic heterocycles. The summed E-state index contributed by atoms with van der Waals surface area (Å²) in [6, 6.07) is 0. The molecular weight excluding hydrogens is 352 g/mol. The van der Waals surface area contributed by atoms with Crippen molar-refractivity contribution in [1.82, 2.24) is 0 Å². The van der Waals surface area contributed by atoms with Crippen molar-refractivity contribution in [2.75, 3.05) is 0 Å². The summed E-state index contributed by atoms with van der Waals surface area (Å²) in [6.45, 7) is 4.72. The van der Waals surface area contributed by atoms with Gasteiger partial charge in [0.1, 0.15) is 0 Å². The summed E-state index contributed by atoms with van der Waals surface area (Å²) < 4.78 is 0. The molecule has 152 valence electrons. The van der Waals surface area contributed by atoms with Gasteiger partial charge in [0.2, 0.25) is 0 Å². The standard InChI is InChI=1S/C24H32O4/c1-22-6-3-12(25)9-17(22)13-10-14(13)20-16(22)4-7-23(2)21(20)15-11-18(15)24(23,28)8-5-19(26)27/h9,13-16,18,20-21,28H,3-8,10-11H2,1-2H3,(H,26,27)/t13-,14+,15-,16+,18+,20-,21+,22+,23-,24-/m0/s1. The third kappa shape index (κ3) is 1.92. The second-order valence-corrected chi connectivity index (χ2v) is 11.5. The minimum atomic E-state index is -0.796. The number of carbonyl (C=O) groups is 2. The summed E-state index contributed by atoms with van der Waals surface area (Å²) >= 11 is 0. The molecule has 4 nitrogen and oxygen atoms in total. The molecule has 0 saturated heterocycles. The van der Waals surface area contributed by atoms with Crippen LogP contribution >= 0.6 is 0 Å². The summed E-state index contributed by atoms with van der Waals surface area (Å²) in [7, 11) is 0. The third-order valence-electron chi connectivity index (χ3n) is 10.6. The van der Waals surface area contributed by atoms with E-state index in [9.17, 15) is 19.8 Å². The number of allylic oxidation sites excluding steroid dienone is 1. The van der Waals surface area contributed by atoms with Gasteiger partial charge >= 0.3 is 5.97 Å². The van der Waals surface area contributed by atoms with E-state index in [1.54, 1.807) is 0 Å². The minimum absolute atomic E-state index is 0.0783. The second kappa shape index (κ2) is 5.11. The molecule has 0 bridgehead atoms. The van der Waals surface area contributed by atoms with Crippen molar-refractivity contribution in [3.05, 3.63) is 11.6 Å². The summed E-state index contributed by atoms with van der Waals surface area (Å²) in [5.41, 5.74) is 0.705. The molecule has 0 amide bonds. The third-order valence-corrected chi connectivity index (χ3v) is 10.6. The Morgan fingerprint density at radius 1 is 1.18 bits per heavy atom. The number of hydrogen-bond acceptors (Lipinski definition) is 3. The number of ketones is 1. The second-order valence-electron chi connectivity index (χ2n) is 11.5. The van der Waals surface area contributed by atoms with Crippen molar-refractivity contribution in [3.8, 4) is 0 Å². The fourth-order valence-electron chi connectivity index (χ4n) is 9.28. The smallest absolute Gasteiger partial charge is 0.303 e. The highest BCUT2D eigenvalue weighted by molar-refractivity contribution is 5.92. The maximum atomic E-state index is 12.1. The van der Waals surface area contributed by atoms with Crippen LogP contribution in [0.2, 0.25) is 0 Å². The van der Waals surface area contributed by atoms with Crippen LogP contribution in [0.5, 0.6) is 0 Å². The number of carboxylic acid groups (broad SMARTS) is 1. The van der Waals surface area contributed by atoms with E-state index in [1.807, 2.05) is 6.08 Å². The number of carbonyl (C=O) groups excluding carboxylic acids is 1. The molecule has 0 spiro atoms. The highest BCUT2D eigenvalue weighted by Gasteiger charge is 2.78. The molecule has 0 heterocycles. The molecule has 6 aliphatic carbocycles. The minimum Gasteiger partial charge on any atom is -0.481 e. The van der Waals surface area contributed by atoms with E-state index >= 15 is 0 Å². The van der Waals surface area contributed by atoms with E-state index in [4.69, 9.17) is 0 Å². The summed E-state index contributed by atoms with van der Waals surface area (Å²) in [4.78, 5) is 23.4. The predicted octanol–water partition coefficient (Wildman–Crippen LogP) is 3.83. The molecule has 0 radical (unpaired) electrons. The number of carboxylic acids is 1. The van der Waals surface area contributed by atoms with Gasteiger partial charge in [0.05, 0.1) is 5.60 Å². The van der Waals surface area contributed by atoms with Crippen molar-refractivity contribution in [2.24, 2.45) is 52.3 Å². The fourth-order valence-corrected chi connectivity index (χ4v) is 9.28. The Balaban J connectivity index is 1.38. The number of aliphatic hydroxyl groups is 1. The van der Waals surface area contributed by atoms with E-state index in [-0.39, 0.29) is 17.3 Å². The topological polar surface area (TPSA) is 74.6 Å². The lowest BCUT2D eigenvalue weighted by atomic mass is 9.45. The lowest BCUT2D eigenvalue weighted by Gasteiger charge is -2.60. The molecule has 5 fully saturated rings. The molecule has 5 saturated carbocycles. The van der Waals surface area contributed by atoms with Crippen LogP contribution in [0.15, 0.2) is 11.6 Å². The molecule has 6 aliphatic rings. The van der Waals surface area contributed by atoms with Crippen molar-refractivity contribution in [3.63, 3.8) is 0 Å². The number of rotatable bonds is 3. The highest BCUT2D eigenvalue weighted by atomic mass is 16.4. The molecule has 10 atom stereocenters. The van der Waals surface area contributed by atoms with Crippen LogP contribution in [-0.4, -0.2) is 27.6 Å². The Morgan fingerprint density at radius 3 is 2.71 bits per heavy atom. The van der Waals surface area contributed by atoms with E-state index < -0.39 is 11.6 Å². The van der Waals surface area contributed by atoms with Crippen molar-refractivity contribution in [1.29, 1.82) is 0 Å². The van der Waals surface area contributed by atoms with Gasteiger partial charge in [-0.2, -0.15) is 0 Å². The molecule has 6 rings (SSSR count). The molecule has 2 N–H and O–H groups in total. The predicted molar refractivity (Wildman–Crippen MR) is 103 cm³/mol. The number of hydrogen-bond donors (Lipinski definition) is 2. The van der Waals surface area contributed by atoms with E-state index in [1.165, 1.54) is 12.0 Å². The first-order valence-electron chi connectivity index (χ1n) is 11.4. The SMILES string of the molecule is C[C@]12CCC(=O)C=C1[C@H]1C[C@H]1[C@@H]1[C@H]3[C@H]4C[C@H]4[C@@](O)(CCC(=O)O)[C@@]3(C)CC[C@H]12.